The molecule has 0 saturated carbocycles. The first-order valence-corrected chi connectivity index (χ1v) is 14.1. The van der Waals surface area contributed by atoms with E-state index in [1.165, 1.54) is 116 Å². The molecule has 0 aromatic heterocycles. The lowest BCUT2D eigenvalue weighted by molar-refractivity contribution is 0.202. The summed E-state index contributed by atoms with van der Waals surface area (Å²) in [6.45, 7) is 5.92. The molecule has 0 aliphatic carbocycles. The van der Waals surface area contributed by atoms with Gasteiger partial charge in [-0.1, -0.05) is 129 Å². The van der Waals surface area contributed by atoms with Crippen LogP contribution in [-0.4, -0.2) is 13.2 Å². The summed E-state index contributed by atoms with van der Waals surface area (Å²) in [5.41, 5.74) is 0. The molecule has 0 rings (SSSR count). The first-order chi connectivity index (χ1) is 14.3. The number of rotatable bonds is 25. The lowest BCUT2D eigenvalue weighted by Gasteiger charge is -2.12. The van der Waals surface area contributed by atoms with Crippen molar-refractivity contribution in [3.8, 4) is 0 Å². The molecule has 176 valence electrons. The van der Waals surface area contributed by atoms with Gasteiger partial charge in [-0.25, -0.2) is 0 Å². The van der Waals surface area contributed by atoms with Crippen LogP contribution in [0.3, 0.4) is 0 Å². The molecule has 0 aromatic carbocycles. The molecular weight excluding hydrogens is 403 g/mol. The van der Waals surface area contributed by atoms with E-state index in [0.29, 0.717) is 13.2 Å². The van der Waals surface area contributed by atoms with Gasteiger partial charge in [-0.05, 0) is 12.8 Å². The van der Waals surface area contributed by atoms with Gasteiger partial charge in [0.25, 0.3) is 0 Å². The maximum atomic E-state index is 5.64. The third-order valence-electron chi connectivity index (χ3n) is 5.45. The predicted molar refractivity (Wildman–Crippen MR) is 129 cm³/mol. The van der Waals surface area contributed by atoms with E-state index in [1.54, 1.807) is 0 Å². The molecule has 0 radical (unpaired) electrons. The maximum absolute atomic E-state index is 5.64. The molecule has 0 fully saturated rings. The van der Waals surface area contributed by atoms with Gasteiger partial charge in [0, 0.05) is 0 Å². The summed E-state index contributed by atoms with van der Waals surface area (Å²) in [6, 6.07) is 0. The summed E-state index contributed by atoms with van der Waals surface area (Å²) in [6.07, 6.45) is 26.5. The van der Waals surface area contributed by atoms with Crippen molar-refractivity contribution in [2.75, 3.05) is 13.2 Å². The van der Waals surface area contributed by atoms with Gasteiger partial charge >= 0.3 is 8.60 Å². The summed E-state index contributed by atoms with van der Waals surface area (Å²) < 4.78 is 16.1. The van der Waals surface area contributed by atoms with Crippen molar-refractivity contribution in [1.29, 1.82) is 0 Å². The highest BCUT2D eigenvalue weighted by Gasteiger charge is 2.11. The molecule has 0 atom stereocenters. The van der Waals surface area contributed by atoms with Gasteiger partial charge < -0.3 is 9.05 Å². The van der Waals surface area contributed by atoms with E-state index in [-0.39, 0.29) is 0 Å². The lowest BCUT2D eigenvalue weighted by atomic mass is 10.1. The van der Waals surface area contributed by atoms with Gasteiger partial charge in [-0.15, -0.1) is 0 Å². The summed E-state index contributed by atoms with van der Waals surface area (Å²) in [4.78, 5) is 0. The van der Waals surface area contributed by atoms with Crippen molar-refractivity contribution >= 4 is 20.5 Å². The van der Waals surface area contributed by atoms with Crippen LogP contribution in [0.5, 0.6) is 0 Å². The van der Waals surface area contributed by atoms with E-state index in [9.17, 15) is 0 Å². The molecule has 29 heavy (non-hydrogen) atoms. The number of halogens is 1. The molecule has 0 aliphatic rings. The first kappa shape index (κ1) is 29.6. The Morgan fingerprint density at radius 1 is 0.448 bits per heavy atom. The molecule has 0 heterocycles. The van der Waals surface area contributed by atoms with Crippen LogP contribution in [0, 0.1) is 0 Å². The largest absolute Gasteiger partial charge is 0.350 e. The second-order valence-corrected chi connectivity index (χ2v) is 9.84. The van der Waals surface area contributed by atoms with Crippen LogP contribution < -0.4 is 0 Å². The predicted octanol–water partition coefficient (Wildman–Crippen LogP) is 10.3. The Morgan fingerprint density at radius 3 is 1.00 bits per heavy atom. The van der Waals surface area contributed by atoms with Crippen molar-refractivity contribution < 1.29 is 13.1 Å². The fourth-order valence-electron chi connectivity index (χ4n) is 3.53. The normalized spacial score (nSPS) is 11.6. The number of hydrogen-bond acceptors (Lipinski definition) is 3. The second kappa shape index (κ2) is 26.6. The Bertz CT molecular complexity index is 269. The minimum absolute atomic E-state index is 0.687. The zero-order chi connectivity index (χ0) is 21.3. The van der Waals surface area contributed by atoms with Gasteiger partial charge in [0.2, 0.25) is 0 Å². The molecule has 0 aromatic rings. The summed E-state index contributed by atoms with van der Waals surface area (Å²) in [7, 11) is -1.37. The Hall–Kier alpha value is 0.600. The molecule has 0 amide bonds. The molecule has 5 heteroatoms. The van der Waals surface area contributed by atoms with Crippen molar-refractivity contribution in [2.24, 2.45) is 0 Å². The summed E-state index contributed by atoms with van der Waals surface area (Å²) in [5.74, 6) is 0. The zero-order valence-corrected chi connectivity index (χ0v) is 21.3. The molecule has 0 bridgehead atoms. The van der Waals surface area contributed by atoms with Crippen LogP contribution in [0.2, 0.25) is 0 Å². The van der Waals surface area contributed by atoms with Crippen molar-refractivity contribution in [3.63, 3.8) is 0 Å². The fraction of sp³-hybridized carbons (Fsp3) is 1.00. The average Bonchev–Trinajstić information content (AvgIpc) is 2.74. The second-order valence-electron chi connectivity index (χ2n) is 8.32. The fourth-order valence-corrected chi connectivity index (χ4v) is 4.48. The molecular formula is C24H50ClO3P. The topological polar surface area (TPSA) is 27.7 Å². The Kier molecular flexibility index (Phi) is 27.2. The van der Waals surface area contributed by atoms with Crippen LogP contribution in [0.25, 0.3) is 0 Å². The highest BCUT2D eigenvalue weighted by atomic mass is 35.5. The van der Waals surface area contributed by atoms with Gasteiger partial charge in [0.1, 0.15) is 0 Å². The number of hydrogen-bond donors (Lipinski definition) is 0. The minimum Gasteiger partial charge on any atom is -0.311 e. The molecule has 0 saturated heterocycles. The molecule has 0 N–H and O–H groups in total. The van der Waals surface area contributed by atoms with Crippen LogP contribution in [-0.2, 0) is 13.1 Å². The highest BCUT2D eigenvalue weighted by molar-refractivity contribution is 7.42. The molecule has 3 nitrogen and oxygen atoms in total. The summed E-state index contributed by atoms with van der Waals surface area (Å²) in [5, 5.41) is 0. The van der Waals surface area contributed by atoms with Gasteiger partial charge in [0.15, 0.2) is 0 Å². The Morgan fingerprint density at radius 2 is 0.724 bits per heavy atom. The van der Waals surface area contributed by atoms with Gasteiger partial charge in [-0.3, -0.25) is 0 Å². The van der Waals surface area contributed by atoms with E-state index in [1.807, 2.05) is 0 Å². The maximum Gasteiger partial charge on any atom is 0.350 e. The van der Waals surface area contributed by atoms with E-state index in [0.717, 1.165) is 12.8 Å². The standard InChI is InChI=1S/C24H50ClO3P/c1-3-5-7-9-11-13-15-17-19-21-23-26-29(28-25)27-24-22-20-18-16-14-12-10-8-6-4-2/h3-24H2,1-2H3. The number of unbranched alkanes of at least 4 members (excludes halogenated alkanes) is 18. The Labute approximate surface area is 189 Å². The molecule has 0 aliphatic heterocycles. The van der Waals surface area contributed by atoms with E-state index < -0.39 is 8.60 Å². The van der Waals surface area contributed by atoms with Crippen molar-refractivity contribution in [3.05, 3.63) is 0 Å². The van der Waals surface area contributed by atoms with Crippen LogP contribution in [0.4, 0.5) is 0 Å². The van der Waals surface area contributed by atoms with Gasteiger partial charge in [0.05, 0.1) is 25.1 Å². The van der Waals surface area contributed by atoms with Crippen molar-refractivity contribution in [1.82, 2.24) is 0 Å². The van der Waals surface area contributed by atoms with Crippen LogP contribution >= 0.6 is 20.5 Å². The Balaban J connectivity index is 3.27. The quantitative estimate of drug-likeness (QED) is 0.102. The zero-order valence-electron chi connectivity index (χ0n) is 19.6. The lowest BCUT2D eigenvalue weighted by Crippen LogP contribution is -1.96. The third-order valence-corrected chi connectivity index (χ3v) is 6.68. The minimum atomic E-state index is -1.37. The third kappa shape index (κ3) is 24.7. The van der Waals surface area contributed by atoms with E-state index in [2.05, 4.69) is 13.8 Å². The first-order valence-electron chi connectivity index (χ1n) is 12.7. The monoisotopic (exact) mass is 452 g/mol. The average molecular weight is 453 g/mol. The molecule has 0 spiro atoms. The van der Waals surface area contributed by atoms with Crippen LogP contribution in [0.15, 0.2) is 0 Å². The highest BCUT2D eigenvalue weighted by Crippen LogP contribution is 2.41. The van der Waals surface area contributed by atoms with Gasteiger partial charge in [-0.2, -0.15) is 4.08 Å². The molecule has 0 unspecified atom stereocenters. The van der Waals surface area contributed by atoms with Crippen molar-refractivity contribution in [2.45, 2.75) is 142 Å². The van der Waals surface area contributed by atoms with E-state index in [4.69, 9.17) is 25.0 Å². The summed E-state index contributed by atoms with van der Waals surface area (Å²) >= 11 is 5.51. The SMILES string of the molecule is CCCCCCCCCCCCOP(OCl)OCCCCCCCCCCCC. The smallest absolute Gasteiger partial charge is 0.311 e. The van der Waals surface area contributed by atoms with E-state index >= 15 is 0 Å². The van der Waals surface area contributed by atoms with Crippen LogP contribution in [0.1, 0.15) is 142 Å².